The standard InChI is InChI=1S/C11H12N4O2S/c1-18(16,17)15-10-6-3-2-5-9(10)14-11-12-7-4-8-13-11/h2-8,15H,1H3,(H,12,13,14). The molecule has 94 valence electrons. The molecule has 7 heteroatoms. The highest BCUT2D eigenvalue weighted by atomic mass is 32.2. The number of anilines is 3. The minimum absolute atomic E-state index is 0.403. The maximum absolute atomic E-state index is 11.2. The van der Waals surface area contributed by atoms with Gasteiger partial charge in [0.25, 0.3) is 0 Å². The van der Waals surface area contributed by atoms with Crippen LogP contribution in [-0.4, -0.2) is 24.6 Å². The second kappa shape index (κ2) is 5.01. The number of hydrogen-bond donors (Lipinski definition) is 2. The van der Waals surface area contributed by atoms with Crippen molar-refractivity contribution in [2.45, 2.75) is 0 Å². The van der Waals surface area contributed by atoms with Crippen molar-refractivity contribution in [1.82, 2.24) is 9.97 Å². The Kier molecular flexibility index (Phi) is 3.42. The van der Waals surface area contributed by atoms with Gasteiger partial charge in [0.15, 0.2) is 0 Å². The maximum atomic E-state index is 11.2. The first kappa shape index (κ1) is 12.3. The fourth-order valence-electron chi connectivity index (χ4n) is 1.36. The zero-order valence-electron chi connectivity index (χ0n) is 9.66. The molecular weight excluding hydrogens is 252 g/mol. The lowest BCUT2D eigenvalue weighted by molar-refractivity contribution is 0.607. The summed E-state index contributed by atoms with van der Waals surface area (Å²) in [5.74, 6) is 0.403. The summed E-state index contributed by atoms with van der Waals surface area (Å²) in [7, 11) is -3.32. The van der Waals surface area contributed by atoms with Crippen molar-refractivity contribution in [2.24, 2.45) is 0 Å². The SMILES string of the molecule is CS(=O)(=O)Nc1ccccc1Nc1ncccn1. The van der Waals surface area contributed by atoms with E-state index in [1.807, 2.05) is 0 Å². The summed E-state index contributed by atoms with van der Waals surface area (Å²) < 4.78 is 24.9. The van der Waals surface area contributed by atoms with E-state index in [-0.39, 0.29) is 0 Å². The molecule has 0 aliphatic rings. The highest BCUT2D eigenvalue weighted by molar-refractivity contribution is 7.92. The number of rotatable bonds is 4. The van der Waals surface area contributed by atoms with Crippen LogP contribution >= 0.6 is 0 Å². The van der Waals surface area contributed by atoms with Crippen molar-refractivity contribution in [3.8, 4) is 0 Å². The van der Waals surface area contributed by atoms with Crippen LogP contribution in [0, 0.1) is 0 Å². The van der Waals surface area contributed by atoms with Crippen LogP contribution in [0.4, 0.5) is 17.3 Å². The summed E-state index contributed by atoms with van der Waals surface area (Å²) in [5, 5.41) is 2.95. The van der Waals surface area contributed by atoms with E-state index in [2.05, 4.69) is 20.0 Å². The van der Waals surface area contributed by atoms with Gasteiger partial charge in [0.2, 0.25) is 16.0 Å². The highest BCUT2D eigenvalue weighted by Gasteiger charge is 2.07. The first-order chi connectivity index (χ1) is 8.54. The molecule has 1 heterocycles. The lowest BCUT2D eigenvalue weighted by Crippen LogP contribution is -2.11. The van der Waals surface area contributed by atoms with E-state index in [4.69, 9.17) is 0 Å². The van der Waals surface area contributed by atoms with Gasteiger partial charge in [0.05, 0.1) is 17.6 Å². The molecule has 0 saturated heterocycles. The normalized spacial score (nSPS) is 10.9. The van der Waals surface area contributed by atoms with Crippen molar-refractivity contribution in [3.63, 3.8) is 0 Å². The molecule has 0 radical (unpaired) electrons. The Morgan fingerprint density at radius 3 is 2.22 bits per heavy atom. The van der Waals surface area contributed by atoms with Crippen molar-refractivity contribution in [1.29, 1.82) is 0 Å². The first-order valence-electron chi connectivity index (χ1n) is 5.15. The zero-order chi connectivity index (χ0) is 13.0. The van der Waals surface area contributed by atoms with E-state index in [1.54, 1.807) is 42.7 Å². The van der Waals surface area contributed by atoms with E-state index >= 15 is 0 Å². The molecule has 18 heavy (non-hydrogen) atoms. The van der Waals surface area contributed by atoms with Gasteiger partial charge in [0.1, 0.15) is 0 Å². The Labute approximate surface area is 105 Å². The van der Waals surface area contributed by atoms with Gasteiger partial charge in [-0.05, 0) is 18.2 Å². The van der Waals surface area contributed by atoms with E-state index in [0.717, 1.165) is 6.26 Å². The van der Waals surface area contributed by atoms with Crippen LogP contribution in [0.25, 0.3) is 0 Å². The van der Waals surface area contributed by atoms with Gasteiger partial charge in [-0.25, -0.2) is 18.4 Å². The number of sulfonamides is 1. The van der Waals surface area contributed by atoms with E-state index in [0.29, 0.717) is 17.3 Å². The monoisotopic (exact) mass is 264 g/mol. The second-order valence-electron chi connectivity index (χ2n) is 3.62. The molecule has 0 fully saturated rings. The molecular formula is C11H12N4O2S. The number of nitrogens with zero attached hydrogens (tertiary/aromatic N) is 2. The van der Waals surface area contributed by atoms with Crippen molar-refractivity contribution in [3.05, 3.63) is 42.7 Å². The average molecular weight is 264 g/mol. The van der Waals surface area contributed by atoms with Gasteiger partial charge in [-0.15, -0.1) is 0 Å². The third-order valence-corrected chi connectivity index (χ3v) is 2.63. The molecule has 1 aromatic carbocycles. The van der Waals surface area contributed by atoms with Gasteiger partial charge < -0.3 is 5.32 Å². The van der Waals surface area contributed by atoms with Crippen LogP contribution < -0.4 is 10.0 Å². The predicted molar refractivity (Wildman–Crippen MR) is 70.2 cm³/mol. The zero-order valence-corrected chi connectivity index (χ0v) is 10.5. The van der Waals surface area contributed by atoms with E-state index in [9.17, 15) is 8.42 Å². The van der Waals surface area contributed by atoms with E-state index < -0.39 is 10.0 Å². The predicted octanol–water partition coefficient (Wildman–Crippen LogP) is 1.59. The fraction of sp³-hybridized carbons (Fsp3) is 0.0909. The largest absolute Gasteiger partial charge is 0.322 e. The number of hydrogen-bond acceptors (Lipinski definition) is 5. The summed E-state index contributed by atoms with van der Waals surface area (Å²) >= 11 is 0. The number of para-hydroxylation sites is 2. The van der Waals surface area contributed by atoms with Gasteiger partial charge in [-0.1, -0.05) is 12.1 Å². The summed E-state index contributed by atoms with van der Waals surface area (Å²) in [6.45, 7) is 0. The molecule has 2 N–H and O–H groups in total. The van der Waals surface area contributed by atoms with Crippen molar-refractivity contribution in [2.75, 3.05) is 16.3 Å². The van der Waals surface area contributed by atoms with Gasteiger partial charge >= 0.3 is 0 Å². The number of aromatic nitrogens is 2. The Morgan fingerprint density at radius 1 is 1.00 bits per heavy atom. The van der Waals surface area contributed by atoms with Crippen LogP contribution in [0.15, 0.2) is 42.7 Å². The maximum Gasteiger partial charge on any atom is 0.229 e. The van der Waals surface area contributed by atoms with Crippen LogP contribution in [0.2, 0.25) is 0 Å². The molecule has 2 rings (SSSR count). The Hall–Kier alpha value is -2.15. The molecule has 6 nitrogen and oxygen atoms in total. The topological polar surface area (TPSA) is 84.0 Å². The number of nitrogens with one attached hydrogen (secondary N) is 2. The quantitative estimate of drug-likeness (QED) is 0.876. The summed E-state index contributed by atoms with van der Waals surface area (Å²) in [6.07, 6.45) is 4.30. The van der Waals surface area contributed by atoms with E-state index in [1.165, 1.54) is 0 Å². The van der Waals surface area contributed by atoms with Gasteiger partial charge in [0, 0.05) is 12.4 Å². The summed E-state index contributed by atoms with van der Waals surface area (Å²) in [6, 6.07) is 8.63. The Balaban J connectivity index is 2.28. The minimum Gasteiger partial charge on any atom is -0.322 e. The second-order valence-corrected chi connectivity index (χ2v) is 5.37. The Bertz CT molecular complexity index is 629. The molecule has 0 unspecified atom stereocenters. The summed E-state index contributed by atoms with van der Waals surface area (Å²) in [4.78, 5) is 8.02. The van der Waals surface area contributed by atoms with Crippen LogP contribution in [0.5, 0.6) is 0 Å². The summed E-state index contributed by atoms with van der Waals surface area (Å²) in [5.41, 5.74) is 1.04. The van der Waals surface area contributed by atoms with Crippen LogP contribution in [-0.2, 0) is 10.0 Å². The lowest BCUT2D eigenvalue weighted by atomic mass is 10.3. The van der Waals surface area contributed by atoms with Crippen LogP contribution in [0.1, 0.15) is 0 Å². The molecule has 2 aromatic rings. The first-order valence-corrected chi connectivity index (χ1v) is 7.04. The van der Waals surface area contributed by atoms with Crippen molar-refractivity contribution < 1.29 is 8.42 Å². The average Bonchev–Trinajstić information content (AvgIpc) is 2.31. The Morgan fingerprint density at radius 2 is 1.61 bits per heavy atom. The lowest BCUT2D eigenvalue weighted by Gasteiger charge is -2.11. The molecule has 0 atom stereocenters. The minimum atomic E-state index is -3.32. The molecule has 0 bridgehead atoms. The fourth-order valence-corrected chi connectivity index (χ4v) is 1.94. The smallest absolute Gasteiger partial charge is 0.229 e. The molecule has 1 aromatic heterocycles. The van der Waals surface area contributed by atoms with Gasteiger partial charge in [-0.2, -0.15) is 0 Å². The van der Waals surface area contributed by atoms with Crippen molar-refractivity contribution >= 4 is 27.3 Å². The third-order valence-electron chi connectivity index (χ3n) is 2.03. The van der Waals surface area contributed by atoms with Gasteiger partial charge in [-0.3, -0.25) is 4.72 Å². The molecule has 0 aliphatic heterocycles. The third kappa shape index (κ3) is 3.42. The molecule has 0 aliphatic carbocycles. The molecule has 0 spiro atoms. The molecule has 0 amide bonds. The van der Waals surface area contributed by atoms with Crippen LogP contribution in [0.3, 0.4) is 0 Å². The molecule has 0 saturated carbocycles. The highest BCUT2D eigenvalue weighted by Crippen LogP contribution is 2.23. The number of benzene rings is 1.